The third-order valence-electron chi connectivity index (χ3n) is 3.88. The summed E-state index contributed by atoms with van der Waals surface area (Å²) in [5.41, 5.74) is 0.148. The smallest absolute Gasteiger partial charge is 0.332 e. The van der Waals surface area contributed by atoms with Crippen molar-refractivity contribution in [3.05, 3.63) is 58.6 Å². The molecule has 5 nitrogen and oxygen atoms in total. The Bertz CT molecular complexity index is 733. The minimum atomic E-state index is -1.29. The van der Waals surface area contributed by atoms with Crippen LogP contribution in [0.1, 0.15) is 32.3 Å². The Kier molecular flexibility index (Phi) is 5.07. The third-order valence-corrected chi connectivity index (χ3v) is 3.88. The van der Waals surface area contributed by atoms with Crippen molar-refractivity contribution in [1.82, 2.24) is 0 Å². The number of hydrogen-bond donors (Lipinski definition) is 2. The van der Waals surface area contributed by atoms with E-state index in [1.165, 1.54) is 31.2 Å². The summed E-state index contributed by atoms with van der Waals surface area (Å²) < 4.78 is 19.9. The fraction of sp³-hybridized carbons (Fsp3) is 0.333. The topological polar surface area (TPSA) is 83.8 Å². The lowest BCUT2D eigenvalue weighted by Crippen LogP contribution is -2.28. The van der Waals surface area contributed by atoms with Crippen LogP contribution in [0.4, 0.5) is 4.39 Å². The number of carboxylic acid groups (broad SMARTS) is 2. The third kappa shape index (κ3) is 3.32. The Labute approximate surface area is 139 Å². The zero-order valence-electron chi connectivity index (χ0n) is 13.6. The zero-order chi connectivity index (χ0) is 18.0. The van der Waals surface area contributed by atoms with Gasteiger partial charge in [0.2, 0.25) is 0 Å². The molecule has 0 heterocycles. The molecule has 2 atom stereocenters. The van der Waals surface area contributed by atoms with Crippen LogP contribution in [0.5, 0.6) is 0 Å². The van der Waals surface area contributed by atoms with Crippen LogP contribution in [0.2, 0.25) is 0 Å². The molecule has 1 aromatic rings. The fourth-order valence-corrected chi connectivity index (χ4v) is 2.87. The van der Waals surface area contributed by atoms with E-state index in [0.29, 0.717) is 0 Å². The van der Waals surface area contributed by atoms with E-state index in [9.17, 15) is 24.2 Å². The van der Waals surface area contributed by atoms with Gasteiger partial charge in [-0.05, 0) is 38.5 Å². The molecule has 0 saturated carbocycles. The van der Waals surface area contributed by atoms with Crippen molar-refractivity contribution in [3.63, 3.8) is 0 Å². The molecule has 1 aromatic carbocycles. The van der Waals surface area contributed by atoms with Gasteiger partial charge in [0, 0.05) is 5.56 Å². The second-order valence-electron chi connectivity index (χ2n) is 5.91. The van der Waals surface area contributed by atoms with Crippen LogP contribution in [0, 0.1) is 11.7 Å². The Morgan fingerprint density at radius 3 is 2.33 bits per heavy atom. The lowest BCUT2D eigenvalue weighted by Gasteiger charge is -2.31. The van der Waals surface area contributed by atoms with Gasteiger partial charge in [0.05, 0.1) is 23.5 Å². The average Bonchev–Trinajstić information content (AvgIpc) is 2.48. The number of carbonyl (C=O) groups is 2. The predicted octanol–water partition coefficient (Wildman–Crippen LogP) is 3.33. The zero-order valence-corrected chi connectivity index (χ0v) is 13.6. The Balaban J connectivity index is 2.69. The second kappa shape index (κ2) is 6.86. The van der Waals surface area contributed by atoms with E-state index in [-0.39, 0.29) is 28.6 Å². The molecular formula is C18H19FO5. The molecule has 2 rings (SSSR count). The molecule has 1 aliphatic rings. The lowest BCUT2D eigenvalue weighted by molar-refractivity contribution is -0.139. The van der Waals surface area contributed by atoms with Crippen LogP contribution in [0.15, 0.2) is 47.2 Å². The van der Waals surface area contributed by atoms with Crippen LogP contribution in [0.3, 0.4) is 0 Å². The van der Waals surface area contributed by atoms with Crippen molar-refractivity contribution in [3.8, 4) is 0 Å². The quantitative estimate of drug-likeness (QED) is 0.863. The van der Waals surface area contributed by atoms with Gasteiger partial charge in [-0.25, -0.2) is 9.18 Å². The molecule has 0 radical (unpaired) electrons. The summed E-state index contributed by atoms with van der Waals surface area (Å²) in [6.07, 6.45) is 1.05. The molecule has 0 bridgehead atoms. The van der Waals surface area contributed by atoms with Gasteiger partial charge in [-0.15, -0.1) is 0 Å². The van der Waals surface area contributed by atoms with Crippen LogP contribution in [0.25, 0.3) is 0 Å². The molecule has 128 valence electrons. The molecule has 1 aliphatic carbocycles. The summed E-state index contributed by atoms with van der Waals surface area (Å²) in [5, 5.41) is 19.0. The van der Waals surface area contributed by atoms with Gasteiger partial charge in [0.25, 0.3) is 0 Å². The highest BCUT2D eigenvalue weighted by molar-refractivity contribution is 5.93. The van der Waals surface area contributed by atoms with Crippen molar-refractivity contribution in [2.24, 2.45) is 5.92 Å². The average molecular weight is 334 g/mol. The molecule has 0 spiro atoms. The van der Waals surface area contributed by atoms with E-state index in [0.717, 1.165) is 0 Å². The van der Waals surface area contributed by atoms with Gasteiger partial charge in [-0.2, -0.15) is 0 Å². The number of hydrogen-bond acceptors (Lipinski definition) is 3. The summed E-state index contributed by atoms with van der Waals surface area (Å²) >= 11 is 0. The fourth-order valence-electron chi connectivity index (χ4n) is 2.87. The van der Waals surface area contributed by atoms with Crippen molar-refractivity contribution in [2.45, 2.75) is 32.8 Å². The number of carboxylic acids is 2. The molecule has 0 saturated heterocycles. The summed E-state index contributed by atoms with van der Waals surface area (Å²) in [7, 11) is 0. The van der Waals surface area contributed by atoms with E-state index < -0.39 is 29.6 Å². The van der Waals surface area contributed by atoms with Crippen LogP contribution in [-0.2, 0) is 14.3 Å². The maximum absolute atomic E-state index is 14.3. The number of halogens is 1. The number of benzene rings is 1. The van der Waals surface area contributed by atoms with Gasteiger partial charge < -0.3 is 14.9 Å². The van der Waals surface area contributed by atoms with E-state index in [2.05, 4.69) is 0 Å². The summed E-state index contributed by atoms with van der Waals surface area (Å²) in [5.74, 6) is -4.99. The first kappa shape index (κ1) is 17.7. The van der Waals surface area contributed by atoms with Crippen molar-refractivity contribution in [1.29, 1.82) is 0 Å². The second-order valence-corrected chi connectivity index (χ2v) is 5.91. The standard InChI is InChI=1S/C18H19FO5/c1-9(2)24-14-8-12(17(20)21)10(3)15(18(22)23)16(14)11-6-4-5-7-13(11)19/h4-9,12,16H,1-3H3,(H,20,21)(H,22,23). The van der Waals surface area contributed by atoms with Gasteiger partial charge in [0.15, 0.2) is 0 Å². The first-order chi connectivity index (χ1) is 11.2. The Morgan fingerprint density at radius 2 is 1.83 bits per heavy atom. The minimum absolute atomic E-state index is 0.144. The first-order valence-electron chi connectivity index (χ1n) is 7.53. The molecular weight excluding hydrogens is 315 g/mol. The molecule has 6 heteroatoms. The molecule has 2 N–H and O–H groups in total. The van der Waals surface area contributed by atoms with Gasteiger partial charge in [-0.1, -0.05) is 18.2 Å². The normalized spacial score (nSPS) is 20.8. The van der Waals surface area contributed by atoms with Crippen LogP contribution in [-0.4, -0.2) is 28.3 Å². The Morgan fingerprint density at radius 1 is 1.21 bits per heavy atom. The lowest BCUT2D eigenvalue weighted by atomic mass is 9.77. The van der Waals surface area contributed by atoms with Crippen molar-refractivity contribution < 1.29 is 28.9 Å². The maximum atomic E-state index is 14.3. The predicted molar refractivity (Wildman–Crippen MR) is 84.9 cm³/mol. The van der Waals surface area contributed by atoms with Gasteiger partial charge in [-0.3, -0.25) is 4.79 Å². The summed E-state index contributed by atoms with van der Waals surface area (Å²) in [6, 6.07) is 5.82. The summed E-state index contributed by atoms with van der Waals surface area (Å²) in [6.45, 7) is 4.92. The SMILES string of the molecule is CC1=C(C(=O)O)C(c2ccccc2F)C(OC(C)C)=CC1C(=O)O. The van der Waals surface area contributed by atoms with E-state index in [1.54, 1.807) is 19.9 Å². The molecule has 2 unspecified atom stereocenters. The number of aliphatic carboxylic acids is 2. The van der Waals surface area contributed by atoms with Gasteiger partial charge >= 0.3 is 11.9 Å². The number of rotatable bonds is 5. The molecule has 24 heavy (non-hydrogen) atoms. The van der Waals surface area contributed by atoms with Crippen LogP contribution < -0.4 is 0 Å². The van der Waals surface area contributed by atoms with E-state index in [4.69, 9.17) is 4.74 Å². The summed E-state index contributed by atoms with van der Waals surface area (Å²) in [4.78, 5) is 23.3. The highest BCUT2D eigenvalue weighted by atomic mass is 19.1. The molecule has 0 amide bonds. The largest absolute Gasteiger partial charge is 0.495 e. The monoisotopic (exact) mass is 334 g/mol. The first-order valence-corrected chi connectivity index (χ1v) is 7.53. The number of allylic oxidation sites excluding steroid dienone is 1. The number of ether oxygens (including phenoxy) is 1. The highest BCUT2D eigenvalue weighted by Crippen LogP contribution is 2.42. The Hall–Kier alpha value is -2.63. The maximum Gasteiger partial charge on any atom is 0.332 e. The van der Waals surface area contributed by atoms with Crippen LogP contribution >= 0.6 is 0 Å². The minimum Gasteiger partial charge on any atom is -0.495 e. The van der Waals surface area contributed by atoms with E-state index in [1.807, 2.05) is 0 Å². The highest BCUT2D eigenvalue weighted by Gasteiger charge is 2.39. The van der Waals surface area contributed by atoms with Crippen molar-refractivity contribution in [2.75, 3.05) is 0 Å². The molecule has 0 aliphatic heterocycles. The van der Waals surface area contributed by atoms with Gasteiger partial charge in [0.1, 0.15) is 11.6 Å². The van der Waals surface area contributed by atoms with E-state index >= 15 is 0 Å². The molecule has 0 fully saturated rings. The van der Waals surface area contributed by atoms with Crippen molar-refractivity contribution >= 4 is 11.9 Å². The molecule has 0 aromatic heterocycles.